The standard InChI is InChI=1S/C22H31N3O3S/c1-2-3-4-5-6-10-15-25-21(28)16-19(26)24-22(25)29-17-20(27)23-14-13-18-11-8-7-9-12-18/h7-9,11-12H,2-6,10,13-17H2,1H3,(H,23,27). The molecule has 0 radical (unpaired) electrons. The second kappa shape index (κ2) is 13.1. The molecule has 158 valence electrons. The number of nitrogens with one attached hydrogen (secondary N) is 1. The summed E-state index contributed by atoms with van der Waals surface area (Å²) in [5.41, 5.74) is 1.17. The second-order valence-corrected chi connectivity index (χ2v) is 8.09. The zero-order chi connectivity index (χ0) is 20.9. The monoisotopic (exact) mass is 417 g/mol. The molecule has 1 aromatic carbocycles. The number of thioether (sulfide) groups is 1. The van der Waals surface area contributed by atoms with Crippen LogP contribution in [0.2, 0.25) is 0 Å². The highest BCUT2D eigenvalue weighted by molar-refractivity contribution is 8.14. The zero-order valence-electron chi connectivity index (χ0n) is 17.2. The van der Waals surface area contributed by atoms with Crippen LogP contribution < -0.4 is 5.32 Å². The zero-order valence-corrected chi connectivity index (χ0v) is 18.0. The molecule has 1 N–H and O–H groups in total. The second-order valence-electron chi connectivity index (χ2n) is 7.15. The van der Waals surface area contributed by atoms with Crippen molar-refractivity contribution in [2.75, 3.05) is 18.8 Å². The number of carbonyl (C=O) groups is 3. The lowest BCUT2D eigenvalue weighted by Crippen LogP contribution is -2.41. The lowest BCUT2D eigenvalue weighted by atomic mass is 10.1. The molecule has 29 heavy (non-hydrogen) atoms. The van der Waals surface area contributed by atoms with Crippen molar-refractivity contribution in [3.8, 4) is 0 Å². The van der Waals surface area contributed by atoms with Gasteiger partial charge in [0.25, 0.3) is 5.91 Å². The van der Waals surface area contributed by atoms with Crippen molar-refractivity contribution in [1.29, 1.82) is 0 Å². The van der Waals surface area contributed by atoms with Crippen LogP contribution in [0.25, 0.3) is 0 Å². The molecule has 3 amide bonds. The Morgan fingerprint density at radius 2 is 1.83 bits per heavy atom. The molecule has 7 heteroatoms. The first kappa shape index (κ1) is 23.1. The van der Waals surface area contributed by atoms with Crippen molar-refractivity contribution < 1.29 is 14.4 Å². The molecule has 0 bridgehead atoms. The summed E-state index contributed by atoms with van der Waals surface area (Å²) in [5, 5.41) is 3.24. The summed E-state index contributed by atoms with van der Waals surface area (Å²) in [7, 11) is 0. The van der Waals surface area contributed by atoms with Crippen LogP contribution in [0.3, 0.4) is 0 Å². The minimum atomic E-state index is -0.429. The van der Waals surface area contributed by atoms with Crippen LogP contribution in [0.1, 0.15) is 57.4 Å². The SMILES string of the molecule is CCCCCCCCN1C(=O)CC(=O)N=C1SCC(=O)NCCc1ccccc1. The number of amidine groups is 1. The van der Waals surface area contributed by atoms with Crippen molar-refractivity contribution >= 4 is 34.7 Å². The Balaban J connectivity index is 1.75. The molecule has 0 spiro atoms. The van der Waals surface area contributed by atoms with Gasteiger partial charge in [-0.3, -0.25) is 19.3 Å². The maximum atomic E-state index is 12.3. The Morgan fingerprint density at radius 1 is 1.10 bits per heavy atom. The van der Waals surface area contributed by atoms with Crippen LogP contribution in [-0.2, 0) is 20.8 Å². The number of benzene rings is 1. The molecule has 0 aromatic heterocycles. The molecule has 0 fully saturated rings. The predicted molar refractivity (Wildman–Crippen MR) is 118 cm³/mol. The van der Waals surface area contributed by atoms with E-state index in [-0.39, 0.29) is 24.0 Å². The fourth-order valence-electron chi connectivity index (χ4n) is 3.09. The van der Waals surface area contributed by atoms with Crippen LogP contribution in [0.5, 0.6) is 0 Å². The number of amides is 3. The van der Waals surface area contributed by atoms with Gasteiger partial charge in [-0.25, -0.2) is 0 Å². The number of carbonyl (C=O) groups excluding carboxylic acids is 3. The van der Waals surface area contributed by atoms with Crippen molar-refractivity contribution in [2.45, 2.75) is 58.3 Å². The molecule has 0 saturated carbocycles. The molecular weight excluding hydrogens is 386 g/mol. The van der Waals surface area contributed by atoms with Crippen molar-refractivity contribution in [3.63, 3.8) is 0 Å². The maximum Gasteiger partial charge on any atom is 0.257 e. The van der Waals surface area contributed by atoms with Crippen LogP contribution in [0, 0.1) is 0 Å². The average molecular weight is 418 g/mol. The molecule has 2 rings (SSSR count). The van der Waals surface area contributed by atoms with Crippen LogP contribution in [0.15, 0.2) is 35.3 Å². The summed E-state index contributed by atoms with van der Waals surface area (Å²) in [6, 6.07) is 9.95. The first-order chi connectivity index (χ1) is 14.1. The van der Waals surface area contributed by atoms with E-state index in [0.717, 1.165) is 37.4 Å². The lowest BCUT2D eigenvalue weighted by Gasteiger charge is -2.26. The number of hydrogen-bond acceptors (Lipinski definition) is 4. The van der Waals surface area contributed by atoms with Gasteiger partial charge in [-0.05, 0) is 18.4 Å². The van der Waals surface area contributed by atoms with Crippen LogP contribution >= 0.6 is 11.8 Å². The Bertz CT molecular complexity index is 707. The van der Waals surface area contributed by atoms with Gasteiger partial charge in [0.15, 0.2) is 5.17 Å². The normalized spacial score (nSPS) is 14.1. The summed E-state index contributed by atoms with van der Waals surface area (Å²) in [5.74, 6) is -0.633. The van der Waals surface area contributed by atoms with Crippen LogP contribution in [0.4, 0.5) is 0 Å². The first-order valence-corrected chi connectivity index (χ1v) is 11.4. The number of aliphatic imine (C=N–C) groups is 1. The molecule has 0 aliphatic carbocycles. The third kappa shape index (κ3) is 8.81. The van der Waals surface area contributed by atoms with Gasteiger partial charge < -0.3 is 5.32 Å². The highest BCUT2D eigenvalue weighted by Crippen LogP contribution is 2.17. The summed E-state index contributed by atoms with van der Waals surface area (Å²) < 4.78 is 0. The van der Waals surface area contributed by atoms with E-state index in [1.807, 2.05) is 30.3 Å². The van der Waals surface area contributed by atoms with Gasteiger partial charge in [0.1, 0.15) is 6.42 Å². The van der Waals surface area contributed by atoms with E-state index in [0.29, 0.717) is 18.3 Å². The Morgan fingerprint density at radius 3 is 2.59 bits per heavy atom. The molecule has 1 heterocycles. The summed E-state index contributed by atoms with van der Waals surface area (Å²) in [6.45, 7) is 3.29. The van der Waals surface area contributed by atoms with E-state index in [4.69, 9.17) is 0 Å². The van der Waals surface area contributed by atoms with Crippen LogP contribution in [-0.4, -0.2) is 46.6 Å². The van der Waals surface area contributed by atoms with Gasteiger partial charge in [-0.15, -0.1) is 0 Å². The van der Waals surface area contributed by atoms with Gasteiger partial charge in [-0.2, -0.15) is 4.99 Å². The molecule has 0 saturated heterocycles. The van der Waals surface area contributed by atoms with Gasteiger partial charge in [0.2, 0.25) is 11.8 Å². The Labute approximate surface area is 177 Å². The minimum absolute atomic E-state index is 0.126. The highest BCUT2D eigenvalue weighted by atomic mass is 32.2. The number of nitrogens with zero attached hydrogens (tertiary/aromatic N) is 2. The molecule has 6 nitrogen and oxygen atoms in total. The summed E-state index contributed by atoms with van der Waals surface area (Å²) in [6.07, 6.45) is 7.32. The molecule has 1 aliphatic heterocycles. The lowest BCUT2D eigenvalue weighted by molar-refractivity contribution is -0.133. The summed E-state index contributed by atoms with van der Waals surface area (Å²) in [4.78, 5) is 41.7. The van der Waals surface area contributed by atoms with E-state index in [2.05, 4.69) is 17.2 Å². The Kier molecular flexibility index (Phi) is 10.5. The first-order valence-electron chi connectivity index (χ1n) is 10.5. The van der Waals surface area contributed by atoms with Crippen molar-refractivity contribution in [1.82, 2.24) is 10.2 Å². The van der Waals surface area contributed by atoms with Gasteiger partial charge in [0.05, 0.1) is 5.75 Å². The highest BCUT2D eigenvalue weighted by Gasteiger charge is 2.28. The van der Waals surface area contributed by atoms with Gasteiger partial charge in [-0.1, -0.05) is 81.1 Å². The Hall–Kier alpha value is -2.15. The maximum absolute atomic E-state index is 12.3. The van der Waals surface area contributed by atoms with Crippen molar-refractivity contribution in [3.05, 3.63) is 35.9 Å². The third-order valence-corrected chi connectivity index (χ3v) is 5.68. The number of hydrogen-bond donors (Lipinski definition) is 1. The van der Waals surface area contributed by atoms with Crippen molar-refractivity contribution in [2.24, 2.45) is 4.99 Å². The van der Waals surface area contributed by atoms with E-state index in [1.165, 1.54) is 24.8 Å². The predicted octanol–water partition coefficient (Wildman–Crippen LogP) is 3.55. The smallest absolute Gasteiger partial charge is 0.257 e. The fraction of sp³-hybridized carbons (Fsp3) is 0.545. The number of unbranched alkanes of at least 4 members (excludes halogenated alkanes) is 5. The largest absolute Gasteiger partial charge is 0.355 e. The van der Waals surface area contributed by atoms with Gasteiger partial charge >= 0.3 is 0 Å². The van der Waals surface area contributed by atoms with E-state index in [1.54, 1.807) is 4.90 Å². The van der Waals surface area contributed by atoms with Gasteiger partial charge in [0, 0.05) is 13.1 Å². The molecular formula is C22H31N3O3S. The van der Waals surface area contributed by atoms with E-state index >= 15 is 0 Å². The minimum Gasteiger partial charge on any atom is -0.355 e. The molecule has 0 atom stereocenters. The molecule has 1 aromatic rings. The molecule has 1 aliphatic rings. The molecule has 0 unspecified atom stereocenters. The quantitative estimate of drug-likeness (QED) is 0.417. The summed E-state index contributed by atoms with van der Waals surface area (Å²) >= 11 is 1.16. The third-order valence-electron chi connectivity index (χ3n) is 4.70. The van der Waals surface area contributed by atoms with E-state index in [9.17, 15) is 14.4 Å². The average Bonchev–Trinajstić information content (AvgIpc) is 2.71. The fourth-order valence-corrected chi connectivity index (χ4v) is 3.97. The van der Waals surface area contributed by atoms with E-state index < -0.39 is 5.91 Å². The number of rotatable bonds is 12. The topological polar surface area (TPSA) is 78.8 Å².